The molecule has 2 aromatic rings. The van der Waals surface area contributed by atoms with Crippen LogP contribution in [0.5, 0.6) is 0 Å². The molecule has 0 fully saturated rings. The number of hydrogen-bond acceptors (Lipinski definition) is 1. The summed E-state index contributed by atoms with van der Waals surface area (Å²) in [6.07, 6.45) is 5.86. The normalized spacial score (nSPS) is 10.5. The lowest BCUT2D eigenvalue weighted by Crippen LogP contribution is -1.99. The highest BCUT2D eigenvalue weighted by molar-refractivity contribution is 9.10. The maximum absolute atomic E-state index is 4.30. The number of nitrogens with zero attached hydrogens (tertiary/aromatic N) is 2. The van der Waals surface area contributed by atoms with Crippen LogP contribution in [-0.2, 0) is 19.9 Å². The molecule has 0 unspecified atom stereocenters. The molecule has 0 bridgehead atoms. The summed E-state index contributed by atoms with van der Waals surface area (Å²) in [7, 11) is 2.03. The van der Waals surface area contributed by atoms with Crippen molar-refractivity contribution in [3.63, 3.8) is 0 Å². The largest absolute Gasteiger partial charge is 0.338 e. The number of imidazole rings is 1. The van der Waals surface area contributed by atoms with Gasteiger partial charge < -0.3 is 4.57 Å². The highest BCUT2D eigenvalue weighted by Crippen LogP contribution is 2.12. The van der Waals surface area contributed by atoms with E-state index in [1.807, 2.05) is 19.4 Å². The van der Waals surface area contributed by atoms with Gasteiger partial charge in [-0.05, 0) is 24.1 Å². The van der Waals surface area contributed by atoms with Crippen LogP contribution < -0.4 is 0 Å². The van der Waals surface area contributed by atoms with Crippen molar-refractivity contribution in [2.24, 2.45) is 7.05 Å². The van der Waals surface area contributed by atoms with Crippen LogP contribution in [-0.4, -0.2) is 9.55 Å². The van der Waals surface area contributed by atoms with Crippen molar-refractivity contribution in [3.05, 3.63) is 52.5 Å². The van der Waals surface area contributed by atoms with Crippen molar-refractivity contribution in [2.45, 2.75) is 12.8 Å². The highest BCUT2D eigenvalue weighted by Gasteiger charge is 1.99. The van der Waals surface area contributed by atoms with Gasteiger partial charge in [-0.2, -0.15) is 0 Å². The van der Waals surface area contributed by atoms with E-state index in [4.69, 9.17) is 0 Å². The third-order valence-corrected chi connectivity index (χ3v) is 3.00. The summed E-state index contributed by atoms with van der Waals surface area (Å²) in [5.41, 5.74) is 1.35. The number of benzene rings is 1. The van der Waals surface area contributed by atoms with Crippen LogP contribution in [0.15, 0.2) is 41.1 Å². The van der Waals surface area contributed by atoms with Gasteiger partial charge in [0.1, 0.15) is 5.82 Å². The Balaban J connectivity index is 1.99. The van der Waals surface area contributed by atoms with Crippen LogP contribution in [0.2, 0.25) is 0 Å². The zero-order chi connectivity index (χ0) is 10.7. The Morgan fingerprint density at radius 2 is 1.93 bits per heavy atom. The van der Waals surface area contributed by atoms with Crippen molar-refractivity contribution >= 4 is 15.9 Å². The fourth-order valence-electron chi connectivity index (χ4n) is 1.54. The molecule has 0 spiro atoms. The summed E-state index contributed by atoms with van der Waals surface area (Å²) in [5, 5.41) is 0. The van der Waals surface area contributed by atoms with Crippen LogP contribution in [0.4, 0.5) is 0 Å². The first-order valence-corrected chi connectivity index (χ1v) is 5.75. The zero-order valence-electron chi connectivity index (χ0n) is 8.65. The minimum Gasteiger partial charge on any atom is -0.338 e. The minimum absolute atomic E-state index is 0.991. The maximum atomic E-state index is 4.30. The van der Waals surface area contributed by atoms with E-state index in [1.54, 1.807) is 0 Å². The van der Waals surface area contributed by atoms with Crippen LogP contribution in [0, 0.1) is 0 Å². The minimum atomic E-state index is 0.991. The van der Waals surface area contributed by atoms with Gasteiger partial charge in [0.15, 0.2) is 0 Å². The van der Waals surface area contributed by atoms with E-state index in [-0.39, 0.29) is 0 Å². The average molecular weight is 265 g/mol. The van der Waals surface area contributed by atoms with Crippen LogP contribution in [0.25, 0.3) is 0 Å². The third-order valence-electron chi connectivity index (χ3n) is 2.47. The molecule has 0 N–H and O–H groups in total. The number of halogens is 1. The van der Waals surface area contributed by atoms with Crippen LogP contribution >= 0.6 is 15.9 Å². The lowest BCUT2D eigenvalue weighted by Gasteiger charge is -2.02. The Morgan fingerprint density at radius 3 is 2.53 bits per heavy atom. The van der Waals surface area contributed by atoms with Gasteiger partial charge in [-0.15, -0.1) is 0 Å². The Kier molecular flexibility index (Phi) is 3.21. The summed E-state index contributed by atoms with van der Waals surface area (Å²) < 4.78 is 3.20. The fraction of sp³-hybridized carbons (Fsp3) is 0.250. The maximum Gasteiger partial charge on any atom is 0.108 e. The molecule has 0 atom stereocenters. The Morgan fingerprint density at radius 1 is 1.20 bits per heavy atom. The van der Waals surface area contributed by atoms with Crippen molar-refractivity contribution < 1.29 is 0 Å². The van der Waals surface area contributed by atoms with Crippen molar-refractivity contribution in [1.82, 2.24) is 9.55 Å². The molecule has 3 heteroatoms. The van der Waals surface area contributed by atoms with Gasteiger partial charge in [-0.25, -0.2) is 4.98 Å². The van der Waals surface area contributed by atoms with E-state index in [0.717, 1.165) is 23.1 Å². The summed E-state index contributed by atoms with van der Waals surface area (Å²) in [6, 6.07) is 8.45. The van der Waals surface area contributed by atoms with Crippen molar-refractivity contribution in [1.29, 1.82) is 0 Å². The van der Waals surface area contributed by atoms with E-state index >= 15 is 0 Å². The number of aryl methyl sites for hydroxylation is 3. The molecular weight excluding hydrogens is 252 g/mol. The molecule has 15 heavy (non-hydrogen) atoms. The molecule has 2 rings (SSSR count). The quantitative estimate of drug-likeness (QED) is 0.834. The van der Waals surface area contributed by atoms with Gasteiger partial charge in [-0.3, -0.25) is 0 Å². The topological polar surface area (TPSA) is 17.8 Å². The Labute approximate surface area is 98.1 Å². The molecule has 0 aliphatic rings. The first-order valence-electron chi connectivity index (χ1n) is 4.96. The molecule has 1 heterocycles. The van der Waals surface area contributed by atoms with Crippen molar-refractivity contribution in [2.75, 3.05) is 0 Å². The molecule has 0 amide bonds. The Hall–Kier alpha value is -1.09. The molecule has 0 saturated carbocycles. The van der Waals surface area contributed by atoms with Crippen molar-refractivity contribution in [3.8, 4) is 0 Å². The molecule has 0 saturated heterocycles. The summed E-state index contributed by atoms with van der Waals surface area (Å²) >= 11 is 3.43. The number of rotatable bonds is 3. The number of aromatic nitrogens is 2. The highest BCUT2D eigenvalue weighted by atomic mass is 79.9. The summed E-state index contributed by atoms with van der Waals surface area (Å²) in [4.78, 5) is 4.30. The smallest absolute Gasteiger partial charge is 0.108 e. The van der Waals surface area contributed by atoms with E-state index in [9.17, 15) is 0 Å². The summed E-state index contributed by atoms with van der Waals surface area (Å²) in [6.45, 7) is 0. The molecule has 0 radical (unpaired) electrons. The Bertz CT molecular complexity index is 431. The van der Waals surface area contributed by atoms with Crippen LogP contribution in [0.1, 0.15) is 11.4 Å². The van der Waals surface area contributed by atoms with E-state index < -0.39 is 0 Å². The second-order valence-electron chi connectivity index (χ2n) is 3.58. The van der Waals surface area contributed by atoms with E-state index in [1.165, 1.54) is 5.56 Å². The van der Waals surface area contributed by atoms with E-state index in [0.29, 0.717) is 0 Å². The predicted molar refractivity (Wildman–Crippen MR) is 64.8 cm³/mol. The zero-order valence-corrected chi connectivity index (χ0v) is 10.2. The monoisotopic (exact) mass is 264 g/mol. The van der Waals surface area contributed by atoms with Gasteiger partial charge in [0.05, 0.1) is 0 Å². The third kappa shape index (κ3) is 2.69. The first-order chi connectivity index (χ1) is 7.25. The lowest BCUT2D eigenvalue weighted by molar-refractivity contribution is 0.771. The van der Waals surface area contributed by atoms with E-state index in [2.05, 4.69) is 49.7 Å². The predicted octanol–water partition coefficient (Wildman–Crippen LogP) is 2.97. The average Bonchev–Trinajstić information content (AvgIpc) is 2.63. The van der Waals surface area contributed by atoms with Gasteiger partial charge in [-0.1, -0.05) is 28.1 Å². The fourth-order valence-corrected chi connectivity index (χ4v) is 1.81. The number of hydrogen-bond donors (Lipinski definition) is 0. The molecule has 2 nitrogen and oxygen atoms in total. The molecule has 0 aliphatic carbocycles. The molecule has 0 aliphatic heterocycles. The molecule has 78 valence electrons. The molecule has 1 aromatic heterocycles. The van der Waals surface area contributed by atoms with Gasteiger partial charge >= 0.3 is 0 Å². The summed E-state index contributed by atoms with van der Waals surface area (Å²) in [5.74, 6) is 1.14. The SMILES string of the molecule is Cn1ccnc1CCc1ccc(Br)cc1. The van der Waals surface area contributed by atoms with Crippen LogP contribution in [0.3, 0.4) is 0 Å². The standard InChI is InChI=1S/C12H13BrN2/c1-15-9-8-14-12(15)7-4-10-2-5-11(13)6-3-10/h2-3,5-6,8-9H,4,7H2,1H3. The molecular formula is C12H13BrN2. The lowest BCUT2D eigenvalue weighted by atomic mass is 10.1. The van der Waals surface area contributed by atoms with Gasteiger partial charge in [0, 0.05) is 30.3 Å². The second kappa shape index (κ2) is 4.62. The van der Waals surface area contributed by atoms with Gasteiger partial charge in [0.25, 0.3) is 0 Å². The van der Waals surface area contributed by atoms with Gasteiger partial charge in [0.2, 0.25) is 0 Å². The first kappa shape index (κ1) is 10.4. The molecule has 1 aromatic carbocycles. The second-order valence-corrected chi connectivity index (χ2v) is 4.50.